The molecule has 0 aliphatic carbocycles. The molecule has 0 bridgehead atoms. The number of carboxylic acids is 1. The fourth-order valence-electron chi connectivity index (χ4n) is 2.95. The number of carboxylic acid groups (broad SMARTS) is 1. The van der Waals surface area contributed by atoms with Crippen molar-refractivity contribution < 1.29 is 14.7 Å². The van der Waals surface area contributed by atoms with Gasteiger partial charge in [-0.3, -0.25) is 14.5 Å². The van der Waals surface area contributed by atoms with E-state index < -0.39 is 16.9 Å². The Labute approximate surface area is 128 Å². The molecule has 0 saturated carbocycles. The van der Waals surface area contributed by atoms with Gasteiger partial charge < -0.3 is 10.4 Å². The second-order valence-corrected chi connectivity index (χ2v) is 7.44. The molecule has 0 aromatic carbocycles. The Morgan fingerprint density at radius 1 is 1.14 bits per heavy atom. The Morgan fingerprint density at radius 2 is 1.57 bits per heavy atom. The van der Waals surface area contributed by atoms with E-state index in [0.717, 1.165) is 12.8 Å². The highest BCUT2D eigenvalue weighted by atomic mass is 16.4. The lowest BCUT2D eigenvalue weighted by atomic mass is 9.74. The molecular formula is C16H30N2O3. The lowest BCUT2D eigenvalue weighted by Crippen LogP contribution is -2.61. The molecule has 122 valence electrons. The molecule has 1 aliphatic heterocycles. The smallest absolute Gasteiger partial charge is 0.311 e. The molecule has 21 heavy (non-hydrogen) atoms. The van der Waals surface area contributed by atoms with Crippen LogP contribution >= 0.6 is 0 Å². The fourth-order valence-corrected chi connectivity index (χ4v) is 2.95. The first-order valence-electron chi connectivity index (χ1n) is 7.74. The molecule has 1 aliphatic rings. The fraction of sp³-hybridized carbons (Fsp3) is 0.875. The predicted octanol–water partition coefficient (Wildman–Crippen LogP) is 2.25. The molecule has 1 fully saturated rings. The predicted molar refractivity (Wildman–Crippen MR) is 83.1 cm³/mol. The van der Waals surface area contributed by atoms with Gasteiger partial charge in [0, 0.05) is 12.1 Å². The minimum absolute atomic E-state index is 0.102. The molecule has 1 heterocycles. The van der Waals surface area contributed by atoms with Crippen LogP contribution in [0.1, 0.15) is 61.3 Å². The van der Waals surface area contributed by atoms with Gasteiger partial charge in [-0.1, -0.05) is 0 Å². The first-order valence-corrected chi connectivity index (χ1v) is 7.74. The van der Waals surface area contributed by atoms with Crippen LogP contribution in [-0.4, -0.2) is 45.5 Å². The van der Waals surface area contributed by atoms with Gasteiger partial charge in [0.2, 0.25) is 5.91 Å². The number of rotatable bonds is 5. The maximum atomic E-state index is 12.6. The van der Waals surface area contributed by atoms with Crippen molar-refractivity contribution in [2.45, 2.75) is 85.0 Å². The van der Waals surface area contributed by atoms with Crippen molar-refractivity contribution in [2.75, 3.05) is 0 Å². The van der Waals surface area contributed by atoms with Crippen LogP contribution in [-0.2, 0) is 9.59 Å². The van der Waals surface area contributed by atoms with Gasteiger partial charge in [-0.2, -0.15) is 0 Å². The average molecular weight is 298 g/mol. The van der Waals surface area contributed by atoms with Crippen molar-refractivity contribution in [3.05, 3.63) is 0 Å². The van der Waals surface area contributed by atoms with Gasteiger partial charge in [-0.25, -0.2) is 0 Å². The lowest BCUT2D eigenvalue weighted by Gasteiger charge is -2.41. The Bertz CT molecular complexity index is 408. The highest BCUT2D eigenvalue weighted by Crippen LogP contribution is 2.32. The Hall–Kier alpha value is -1.10. The summed E-state index contributed by atoms with van der Waals surface area (Å²) in [4.78, 5) is 26.2. The Kier molecular flexibility index (Phi) is 5.09. The van der Waals surface area contributed by atoms with Crippen LogP contribution in [0.25, 0.3) is 0 Å². The van der Waals surface area contributed by atoms with E-state index in [1.807, 2.05) is 6.92 Å². The van der Waals surface area contributed by atoms with Gasteiger partial charge in [0.1, 0.15) is 0 Å². The molecule has 0 radical (unpaired) electrons. The summed E-state index contributed by atoms with van der Waals surface area (Å²) in [6, 6.07) is 0.522. The molecule has 2 N–H and O–H groups in total. The summed E-state index contributed by atoms with van der Waals surface area (Å²) in [5.41, 5.74) is -1.86. The monoisotopic (exact) mass is 298 g/mol. The van der Waals surface area contributed by atoms with Crippen LogP contribution in [0.4, 0.5) is 0 Å². The zero-order valence-corrected chi connectivity index (χ0v) is 14.4. The number of nitrogens with zero attached hydrogens (tertiary/aromatic N) is 1. The van der Waals surface area contributed by atoms with Crippen LogP contribution in [0, 0.1) is 5.41 Å². The van der Waals surface area contributed by atoms with Gasteiger partial charge in [-0.05, 0) is 61.3 Å². The summed E-state index contributed by atoms with van der Waals surface area (Å²) >= 11 is 0. The molecule has 0 aromatic rings. The largest absolute Gasteiger partial charge is 0.481 e. The highest BCUT2D eigenvalue weighted by molar-refractivity contribution is 5.84. The molecule has 1 saturated heterocycles. The molecule has 3 atom stereocenters. The second-order valence-electron chi connectivity index (χ2n) is 7.44. The topological polar surface area (TPSA) is 69.6 Å². The van der Waals surface area contributed by atoms with Crippen molar-refractivity contribution in [1.29, 1.82) is 0 Å². The molecule has 5 heteroatoms. The third-order valence-corrected chi connectivity index (χ3v) is 5.38. The maximum absolute atomic E-state index is 12.6. The van der Waals surface area contributed by atoms with E-state index in [1.165, 1.54) is 0 Å². The SMILES string of the molecule is CC1CCC(C)N1C(C)C(=O)NC(C)(C)C(C)(C)C(=O)O. The van der Waals surface area contributed by atoms with Gasteiger partial charge in [0.05, 0.1) is 17.0 Å². The van der Waals surface area contributed by atoms with E-state index in [0.29, 0.717) is 12.1 Å². The summed E-state index contributed by atoms with van der Waals surface area (Å²) in [5.74, 6) is -1.02. The van der Waals surface area contributed by atoms with Gasteiger partial charge in [-0.15, -0.1) is 0 Å². The number of amides is 1. The molecule has 1 amide bonds. The third kappa shape index (κ3) is 3.39. The minimum Gasteiger partial charge on any atom is -0.481 e. The van der Waals surface area contributed by atoms with Gasteiger partial charge >= 0.3 is 5.97 Å². The van der Waals surface area contributed by atoms with E-state index in [1.54, 1.807) is 27.7 Å². The van der Waals surface area contributed by atoms with E-state index in [-0.39, 0.29) is 11.9 Å². The summed E-state index contributed by atoms with van der Waals surface area (Å²) in [6.45, 7) is 13.0. The molecule has 3 unspecified atom stereocenters. The molecular weight excluding hydrogens is 268 g/mol. The van der Waals surface area contributed by atoms with E-state index >= 15 is 0 Å². The first-order chi connectivity index (χ1) is 9.41. The summed E-state index contributed by atoms with van der Waals surface area (Å²) < 4.78 is 0. The molecule has 1 rings (SSSR count). The van der Waals surface area contributed by atoms with Crippen LogP contribution in [0.15, 0.2) is 0 Å². The van der Waals surface area contributed by atoms with Crippen molar-refractivity contribution in [3.8, 4) is 0 Å². The summed E-state index contributed by atoms with van der Waals surface area (Å²) in [5, 5.41) is 12.3. The van der Waals surface area contributed by atoms with Gasteiger partial charge in [0.25, 0.3) is 0 Å². The minimum atomic E-state index is -1.04. The lowest BCUT2D eigenvalue weighted by molar-refractivity contribution is -0.152. The van der Waals surface area contributed by atoms with Crippen molar-refractivity contribution in [1.82, 2.24) is 10.2 Å². The normalized spacial score (nSPS) is 25.7. The number of hydrogen-bond acceptors (Lipinski definition) is 3. The van der Waals surface area contributed by atoms with Crippen molar-refractivity contribution >= 4 is 11.9 Å². The number of carbonyl (C=O) groups is 2. The molecule has 0 spiro atoms. The first kappa shape index (κ1) is 18.0. The number of likely N-dealkylation sites (tertiary alicyclic amines) is 1. The van der Waals surface area contributed by atoms with E-state index in [2.05, 4.69) is 24.1 Å². The van der Waals surface area contributed by atoms with Crippen LogP contribution < -0.4 is 5.32 Å². The van der Waals surface area contributed by atoms with E-state index in [9.17, 15) is 14.7 Å². The zero-order valence-electron chi connectivity index (χ0n) is 14.4. The van der Waals surface area contributed by atoms with E-state index in [4.69, 9.17) is 0 Å². The number of carbonyl (C=O) groups excluding carboxylic acids is 1. The number of aliphatic carboxylic acids is 1. The zero-order chi connectivity index (χ0) is 16.6. The average Bonchev–Trinajstić information content (AvgIpc) is 2.67. The van der Waals surface area contributed by atoms with Crippen LogP contribution in [0.3, 0.4) is 0 Å². The van der Waals surface area contributed by atoms with Crippen molar-refractivity contribution in [2.24, 2.45) is 5.41 Å². The van der Waals surface area contributed by atoms with Crippen molar-refractivity contribution in [3.63, 3.8) is 0 Å². The molecule has 5 nitrogen and oxygen atoms in total. The molecule has 0 aromatic heterocycles. The van der Waals surface area contributed by atoms with Crippen LogP contribution in [0.5, 0.6) is 0 Å². The quantitative estimate of drug-likeness (QED) is 0.817. The Balaban J connectivity index is 2.83. The second kappa shape index (κ2) is 5.95. The Morgan fingerprint density at radius 3 is 1.95 bits per heavy atom. The number of hydrogen-bond donors (Lipinski definition) is 2. The summed E-state index contributed by atoms with van der Waals surface area (Å²) in [7, 11) is 0. The van der Waals surface area contributed by atoms with Crippen LogP contribution in [0.2, 0.25) is 0 Å². The number of nitrogens with one attached hydrogen (secondary N) is 1. The van der Waals surface area contributed by atoms with Gasteiger partial charge in [0.15, 0.2) is 0 Å². The third-order valence-electron chi connectivity index (χ3n) is 5.38. The summed E-state index contributed by atoms with van der Waals surface area (Å²) in [6.07, 6.45) is 2.20. The standard InChI is InChI=1S/C16H30N2O3/c1-10-8-9-11(2)18(10)12(3)13(19)17-16(6,7)15(4,5)14(20)21/h10-12H,8-9H2,1-7H3,(H,17,19)(H,20,21). The highest BCUT2D eigenvalue weighted by Gasteiger charge is 2.45. The maximum Gasteiger partial charge on any atom is 0.311 e.